The van der Waals surface area contributed by atoms with Crippen molar-refractivity contribution in [3.05, 3.63) is 51.4 Å². The summed E-state index contributed by atoms with van der Waals surface area (Å²) in [6.45, 7) is 2.33. The number of para-hydroxylation sites is 1. The Bertz CT molecular complexity index is 690. The second-order valence-electron chi connectivity index (χ2n) is 3.80. The number of nitro groups is 1. The SMILES string of the molecule is CCn1cc([N+](=O)[O-])sc1=NC(=O)Nc1ccccc1. The maximum absolute atomic E-state index is 11.8. The van der Waals surface area contributed by atoms with Crippen LogP contribution in [0.1, 0.15) is 6.92 Å². The predicted molar refractivity (Wildman–Crippen MR) is 75.7 cm³/mol. The Morgan fingerprint density at radius 1 is 1.45 bits per heavy atom. The minimum atomic E-state index is -0.560. The summed E-state index contributed by atoms with van der Waals surface area (Å²) in [6.07, 6.45) is 1.37. The molecule has 1 aromatic carbocycles. The van der Waals surface area contributed by atoms with Gasteiger partial charge in [-0.2, -0.15) is 4.99 Å². The average Bonchev–Trinajstić information content (AvgIpc) is 2.83. The smallest absolute Gasteiger partial charge is 0.317 e. The molecule has 0 fully saturated rings. The number of aromatic nitrogens is 1. The molecular formula is C12H12N4O3S. The Balaban J connectivity index is 2.26. The van der Waals surface area contributed by atoms with Crippen LogP contribution in [0.2, 0.25) is 0 Å². The third-order valence-corrected chi connectivity index (χ3v) is 3.42. The van der Waals surface area contributed by atoms with E-state index in [1.54, 1.807) is 28.8 Å². The number of hydrogen-bond donors (Lipinski definition) is 1. The highest BCUT2D eigenvalue weighted by Crippen LogP contribution is 2.14. The Morgan fingerprint density at radius 3 is 2.75 bits per heavy atom. The number of carbonyl (C=O) groups is 1. The summed E-state index contributed by atoms with van der Waals surface area (Å²) in [5.41, 5.74) is 0.621. The fourth-order valence-corrected chi connectivity index (χ4v) is 2.39. The monoisotopic (exact) mass is 292 g/mol. The standard InChI is InChI=1S/C12H12N4O3S/c1-2-15-8-10(16(18)19)20-12(15)14-11(17)13-9-6-4-3-5-7-9/h3-8H,2H2,1H3,(H,13,17). The summed E-state index contributed by atoms with van der Waals surface area (Å²) >= 11 is 0.867. The molecule has 0 bridgehead atoms. The molecule has 0 aliphatic carbocycles. The van der Waals surface area contributed by atoms with Gasteiger partial charge in [0.2, 0.25) is 4.80 Å². The summed E-state index contributed by atoms with van der Waals surface area (Å²) in [6, 6.07) is 8.32. The molecule has 1 N–H and O–H groups in total. The summed E-state index contributed by atoms with van der Waals surface area (Å²) < 4.78 is 1.56. The molecule has 0 unspecified atom stereocenters. The van der Waals surface area contributed by atoms with Crippen LogP contribution in [0.4, 0.5) is 15.5 Å². The van der Waals surface area contributed by atoms with Crippen molar-refractivity contribution in [1.29, 1.82) is 0 Å². The number of nitrogens with one attached hydrogen (secondary N) is 1. The average molecular weight is 292 g/mol. The van der Waals surface area contributed by atoms with Crippen LogP contribution >= 0.6 is 11.3 Å². The molecule has 0 aliphatic heterocycles. The number of urea groups is 1. The van der Waals surface area contributed by atoms with Crippen LogP contribution in [0.25, 0.3) is 0 Å². The van der Waals surface area contributed by atoms with Crippen LogP contribution in [0.15, 0.2) is 41.5 Å². The van der Waals surface area contributed by atoms with Gasteiger partial charge in [-0.3, -0.25) is 10.1 Å². The van der Waals surface area contributed by atoms with Crippen LogP contribution in [0.5, 0.6) is 0 Å². The molecule has 2 rings (SSSR count). The summed E-state index contributed by atoms with van der Waals surface area (Å²) in [5.74, 6) is 0. The quantitative estimate of drug-likeness (QED) is 0.696. The first-order valence-electron chi connectivity index (χ1n) is 5.85. The number of nitrogens with zero attached hydrogens (tertiary/aromatic N) is 3. The van der Waals surface area contributed by atoms with Gasteiger partial charge in [-0.25, -0.2) is 4.79 Å². The third kappa shape index (κ3) is 3.29. The van der Waals surface area contributed by atoms with E-state index in [1.165, 1.54) is 6.20 Å². The molecule has 104 valence electrons. The number of rotatable bonds is 3. The Hall–Kier alpha value is -2.48. The minimum Gasteiger partial charge on any atom is -0.317 e. The van der Waals surface area contributed by atoms with Gasteiger partial charge >= 0.3 is 11.0 Å². The third-order valence-electron chi connectivity index (χ3n) is 2.45. The first-order valence-corrected chi connectivity index (χ1v) is 6.67. The molecule has 1 aromatic heterocycles. The van der Waals surface area contributed by atoms with Gasteiger partial charge in [0.15, 0.2) is 0 Å². The lowest BCUT2D eigenvalue weighted by Crippen LogP contribution is -2.17. The van der Waals surface area contributed by atoms with Gasteiger partial charge in [0.25, 0.3) is 0 Å². The van der Waals surface area contributed by atoms with Crippen molar-refractivity contribution in [3.8, 4) is 0 Å². The van der Waals surface area contributed by atoms with E-state index < -0.39 is 11.0 Å². The van der Waals surface area contributed by atoms with Gasteiger partial charge in [-0.05, 0) is 30.4 Å². The highest BCUT2D eigenvalue weighted by atomic mass is 32.1. The molecule has 1 heterocycles. The van der Waals surface area contributed by atoms with Gasteiger partial charge in [-0.1, -0.05) is 18.2 Å². The van der Waals surface area contributed by atoms with E-state index in [1.807, 2.05) is 13.0 Å². The Labute approximate surface area is 118 Å². The molecule has 0 radical (unpaired) electrons. The Morgan fingerprint density at radius 2 is 2.15 bits per heavy atom. The van der Waals surface area contributed by atoms with Crippen LogP contribution in [-0.2, 0) is 6.54 Å². The topological polar surface area (TPSA) is 89.5 Å². The normalized spacial score (nSPS) is 11.3. The van der Waals surface area contributed by atoms with Crippen LogP contribution in [0.3, 0.4) is 0 Å². The van der Waals surface area contributed by atoms with Gasteiger partial charge in [-0.15, -0.1) is 0 Å². The van der Waals surface area contributed by atoms with Gasteiger partial charge < -0.3 is 9.88 Å². The number of aryl methyl sites for hydroxylation is 1. The molecular weight excluding hydrogens is 280 g/mol. The molecule has 8 heteroatoms. The lowest BCUT2D eigenvalue weighted by atomic mass is 10.3. The van der Waals surface area contributed by atoms with Gasteiger partial charge in [0.1, 0.15) is 0 Å². The first kappa shape index (κ1) is 13.9. The van der Waals surface area contributed by atoms with E-state index in [0.717, 1.165) is 11.3 Å². The second kappa shape index (κ2) is 6.11. The molecule has 20 heavy (non-hydrogen) atoms. The molecule has 0 saturated heterocycles. The van der Waals surface area contributed by atoms with Gasteiger partial charge in [0.05, 0.1) is 11.1 Å². The van der Waals surface area contributed by atoms with Crippen LogP contribution in [-0.4, -0.2) is 15.5 Å². The van der Waals surface area contributed by atoms with Gasteiger partial charge in [0, 0.05) is 12.2 Å². The summed E-state index contributed by atoms with van der Waals surface area (Å²) in [7, 11) is 0. The fourth-order valence-electron chi connectivity index (χ4n) is 1.52. The van der Waals surface area contributed by atoms with Crippen molar-refractivity contribution < 1.29 is 9.72 Å². The Kier molecular flexibility index (Phi) is 4.26. The number of anilines is 1. The maximum Gasteiger partial charge on any atom is 0.348 e. The second-order valence-corrected chi connectivity index (χ2v) is 4.79. The van der Waals surface area contributed by atoms with E-state index in [0.29, 0.717) is 17.0 Å². The molecule has 0 spiro atoms. The molecule has 2 amide bonds. The molecule has 0 aliphatic rings. The van der Waals surface area contributed by atoms with E-state index in [4.69, 9.17) is 0 Å². The van der Waals surface area contributed by atoms with Crippen molar-refractivity contribution in [2.24, 2.45) is 4.99 Å². The molecule has 7 nitrogen and oxygen atoms in total. The maximum atomic E-state index is 11.8. The van der Waals surface area contributed by atoms with Crippen molar-refractivity contribution in [1.82, 2.24) is 4.57 Å². The summed E-state index contributed by atoms with van der Waals surface area (Å²) in [5, 5.41) is 13.3. The van der Waals surface area contributed by atoms with Crippen molar-refractivity contribution in [2.45, 2.75) is 13.5 Å². The summed E-state index contributed by atoms with van der Waals surface area (Å²) in [4.78, 5) is 26.2. The largest absolute Gasteiger partial charge is 0.348 e. The zero-order valence-corrected chi connectivity index (χ0v) is 11.5. The lowest BCUT2D eigenvalue weighted by molar-refractivity contribution is -0.380. The van der Waals surface area contributed by atoms with Crippen molar-refractivity contribution >= 4 is 28.1 Å². The fraction of sp³-hybridized carbons (Fsp3) is 0.167. The number of hydrogen-bond acceptors (Lipinski definition) is 4. The van der Waals surface area contributed by atoms with Crippen molar-refractivity contribution in [2.75, 3.05) is 5.32 Å². The van der Waals surface area contributed by atoms with E-state index in [9.17, 15) is 14.9 Å². The number of thiazole rings is 1. The zero-order chi connectivity index (χ0) is 14.5. The van der Waals surface area contributed by atoms with Crippen molar-refractivity contribution in [3.63, 3.8) is 0 Å². The van der Waals surface area contributed by atoms with Crippen LogP contribution in [0, 0.1) is 10.1 Å². The lowest BCUT2D eigenvalue weighted by Gasteiger charge is -2.00. The van der Waals surface area contributed by atoms with E-state index >= 15 is 0 Å². The molecule has 0 saturated carbocycles. The minimum absolute atomic E-state index is 0.0434. The van der Waals surface area contributed by atoms with E-state index in [-0.39, 0.29) is 5.00 Å². The zero-order valence-electron chi connectivity index (χ0n) is 10.6. The highest BCUT2D eigenvalue weighted by molar-refractivity contribution is 7.12. The number of carbonyl (C=O) groups excluding carboxylic acids is 1. The molecule has 2 aromatic rings. The number of benzene rings is 1. The molecule has 0 atom stereocenters. The van der Waals surface area contributed by atoms with E-state index in [2.05, 4.69) is 10.3 Å². The van der Waals surface area contributed by atoms with Crippen LogP contribution < -0.4 is 10.1 Å². The first-order chi connectivity index (χ1) is 9.60. The highest BCUT2D eigenvalue weighted by Gasteiger charge is 2.12. The number of amides is 2. The predicted octanol–water partition coefficient (Wildman–Crippen LogP) is 2.61.